The van der Waals surface area contributed by atoms with Crippen LogP contribution in [0.3, 0.4) is 0 Å². The summed E-state index contributed by atoms with van der Waals surface area (Å²) in [6.07, 6.45) is 9.17. The van der Waals surface area contributed by atoms with Crippen molar-refractivity contribution in [2.24, 2.45) is 9.98 Å². The Morgan fingerprint density at radius 2 is 1.06 bits per heavy atom. The van der Waals surface area contributed by atoms with E-state index >= 15 is 0 Å². The number of amidine groups is 2. The normalized spacial score (nSPS) is 16.9. The smallest absolute Gasteiger partial charge is 0.231 e. The summed E-state index contributed by atoms with van der Waals surface area (Å²) in [7, 11) is 0. The van der Waals surface area contributed by atoms with Crippen LogP contribution in [0.2, 0.25) is 0 Å². The van der Waals surface area contributed by atoms with Gasteiger partial charge in [0, 0.05) is 49.0 Å². The summed E-state index contributed by atoms with van der Waals surface area (Å²) < 4.78 is 27.4. The maximum atomic E-state index is 9.38. The molecule has 16 heteroatoms. The van der Waals surface area contributed by atoms with E-state index in [-0.39, 0.29) is 25.4 Å². The third kappa shape index (κ3) is 8.34. The maximum Gasteiger partial charge on any atom is 0.231 e. The van der Waals surface area contributed by atoms with Crippen molar-refractivity contribution in [2.45, 2.75) is 51.1 Å². The van der Waals surface area contributed by atoms with Crippen molar-refractivity contribution in [3.8, 4) is 46.8 Å². The van der Waals surface area contributed by atoms with E-state index in [0.717, 1.165) is 72.2 Å². The maximum absolute atomic E-state index is 9.38. The molecule has 0 unspecified atom stereocenters. The number of rotatable bonds is 13. The second-order valence-electron chi connectivity index (χ2n) is 15.6. The van der Waals surface area contributed by atoms with E-state index in [9.17, 15) is 10.5 Å². The number of nitrogens with zero attached hydrogens (tertiary/aromatic N) is 8. The summed E-state index contributed by atoms with van der Waals surface area (Å²) in [6, 6.07) is 24.5. The molecule has 0 amide bonds. The molecule has 14 nitrogen and oxygen atoms in total. The number of benzene rings is 2. The van der Waals surface area contributed by atoms with Crippen molar-refractivity contribution >= 4 is 43.5 Å². The summed E-state index contributed by atoms with van der Waals surface area (Å²) in [5.74, 6) is 3.00. The predicted octanol–water partition coefficient (Wildman–Crippen LogP) is 8.19. The van der Waals surface area contributed by atoms with E-state index in [4.69, 9.17) is 28.9 Å². The van der Waals surface area contributed by atoms with Gasteiger partial charge < -0.3 is 29.6 Å². The van der Waals surface area contributed by atoms with Gasteiger partial charge in [-0.2, -0.15) is 20.5 Å². The lowest BCUT2D eigenvalue weighted by Crippen LogP contribution is -2.21. The molecule has 4 aromatic heterocycles. The number of nitrogens with one attached hydrogen (secondary N) is 2. The van der Waals surface area contributed by atoms with E-state index in [1.165, 1.54) is 34.6 Å². The van der Waals surface area contributed by atoms with Gasteiger partial charge in [0.2, 0.25) is 23.5 Å². The van der Waals surface area contributed by atoms with Gasteiger partial charge in [0.25, 0.3) is 0 Å². The summed E-state index contributed by atoms with van der Waals surface area (Å²) in [5, 5.41) is 25.4. The quantitative estimate of drug-likeness (QED) is 0.113. The fraction of sp³-hybridized carbons (Fsp3) is 0.250. The number of aliphatic imine (C=N–C) groups is 2. The van der Waals surface area contributed by atoms with E-state index in [0.29, 0.717) is 68.4 Å². The van der Waals surface area contributed by atoms with Crippen molar-refractivity contribution in [1.82, 2.24) is 30.6 Å². The van der Waals surface area contributed by atoms with Crippen LogP contribution < -0.4 is 29.6 Å². The molecule has 2 N–H and O–H groups in total. The number of aromatic nitrogens is 4. The SMILES string of the molecule is N#Cc1cncc(COc2nc(O[C@H]3CCc4c(-c5cccc6c5CC[C@@H]6Oc5nc(OCc6cncc(C#N)c6)c(C6=NCCN6)cc5Br)cccc43)c(Br)cc2C2=NCCN2)c1. The van der Waals surface area contributed by atoms with E-state index < -0.39 is 0 Å². The van der Waals surface area contributed by atoms with Crippen LogP contribution in [-0.2, 0) is 26.1 Å². The largest absolute Gasteiger partial charge is 0.472 e. The zero-order valence-corrected chi connectivity index (χ0v) is 37.4. The van der Waals surface area contributed by atoms with Gasteiger partial charge in [0.15, 0.2) is 0 Å². The zero-order valence-electron chi connectivity index (χ0n) is 34.3. The van der Waals surface area contributed by atoms with Gasteiger partial charge >= 0.3 is 0 Å². The molecule has 0 fully saturated rings. The second kappa shape index (κ2) is 18.1. The van der Waals surface area contributed by atoms with Crippen molar-refractivity contribution in [3.63, 3.8) is 0 Å². The van der Waals surface area contributed by atoms with E-state index in [1.54, 1.807) is 24.5 Å². The molecule has 0 saturated heterocycles. The Labute approximate surface area is 385 Å². The summed E-state index contributed by atoms with van der Waals surface area (Å²) in [5.41, 5.74) is 11.0. The van der Waals surface area contributed by atoms with Crippen LogP contribution >= 0.6 is 31.9 Å². The summed E-state index contributed by atoms with van der Waals surface area (Å²) in [6.45, 7) is 3.11. The summed E-state index contributed by atoms with van der Waals surface area (Å²) in [4.78, 5) is 27.4. The van der Waals surface area contributed by atoms with Gasteiger partial charge in [-0.25, -0.2) is 0 Å². The number of hydrogen-bond acceptors (Lipinski definition) is 14. The number of pyridine rings is 4. The molecular weight excluding hydrogens is 940 g/mol. The number of hydrogen-bond donors (Lipinski definition) is 2. The highest BCUT2D eigenvalue weighted by Crippen LogP contribution is 2.46. The third-order valence-electron chi connectivity index (χ3n) is 11.5. The standard InChI is InChI=1S/C48H38Br2N10O4/c49-39-17-37(43-55-11-12-56-43)45(61-25-29-15-27(19-51)21-53-23-29)59-47(39)63-41-9-7-33-31(3-1-5-35(33)41)32-4-2-6-36-34(32)8-10-42(36)64-48-40(50)18-38(44-57-13-14-58-44)46(60-48)62-26-30-16-28(20-52)22-54-24-30/h1-6,15-18,21-24,41-42H,7-14,25-26H2,(H,55,56)(H,57,58)/t41-,42-/m0/s1. The van der Waals surface area contributed by atoms with Gasteiger partial charge in [0.05, 0.1) is 44.3 Å². The van der Waals surface area contributed by atoms with Gasteiger partial charge in [-0.1, -0.05) is 36.4 Å². The first-order valence-corrected chi connectivity index (χ1v) is 22.5. The molecule has 2 aliphatic heterocycles. The Bertz CT molecular complexity index is 2770. The Morgan fingerprint density at radius 1 is 0.594 bits per heavy atom. The van der Waals surface area contributed by atoms with Gasteiger partial charge in [-0.15, -0.1) is 0 Å². The van der Waals surface area contributed by atoms with Crippen molar-refractivity contribution in [1.29, 1.82) is 10.5 Å². The van der Waals surface area contributed by atoms with Crippen LogP contribution in [-0.4, -0.2) is 57.8 Å². The highest BCUT2D eigenvalue weighted by Gasteiger charge is 2.33. The second-order valence-corrected chi connectivity index (χ2v) is 17.3. The first kappa shape index (κ1) is 41.1. The van der Waals surface area contributed by atoms with Crippen molar-refractivity contribution in [3.05, 3.63) is 150 Å². The molecule has 10 rings (SSSR count). The van der Waals surface area contributed by atoms with Gasteiger partial charge in [-0.05, 0) is 115 Å². The lowest BCUT2D eigenvalue weighted by Gasteiger charge is -2.19. The van der Waals surface area contributed by atoms with Gasteiger partial charge in [-0.3, -0.25) is 20.0 Å². The molecule has 6 aromatic rings. The topological polar surface area (TPSA) is 185 Å². The van der Waals surface area contributed by atoms with Crippen LogP contribution in [0.5, 0.6) is 23.5 Å². The minimum atomic E-state index is -0.233. The molecule has 64 heavy (non-hydrogen) atoms. The lowest BCUT2D eigenvalue weighted by atomic mass is 9.91. The molecule has 0 spiro atoms. The minimum absolute atomic E-state index is 0.168. The molecule has 0 radical (unpaired) electrons. The Balaban J connectivity index is 0.900. The highest BCUT2D eigenvalue weighted by molar-refractivity contribution is 9.10. The van der Waals surface area contributed by atoms with Crippen LogP contribution in [0.4, 0.5) is 0 Å². The van der Waals surface area contributed by atoms with Crippen LogP contribution in [0.1, 0.15) is 80.7 Å². The molecule has 4 aliphatic rings. The molecule has 6 heterocycles. The van der Waals surface area contributed by atoms with E-state index in [1.807, 2.05) is 12.1 Å². The van der Waals surface area contributed by atoms with Crippen LogP contribution in [0.25, 0.3) is 11.1 Å². The third-order valence-corrected chi connectivity index (χ3v) is 12.6. The molecule has 318 valence electrons. The first-order valence-electron chi connectivity index (χ1n) is 20.9. The van der Waals surface area contributed by atoms with Gasteiger partial charge in [0.1, 0.15) is 49.2 Å². The number of halogens is 2. The van der Waals surface area contributed by atoms with Crippen molar-refractivity contribution < 1.29 is 18.9 Å². The Kier molecular flexibility index (Phi) is 11.6. The summed E-state index contributed by atoms with van der Waals surface area (Å²) >= 11 is 7.47. The highest BCUT2D eigenvalue weighted by atomic mass is 79.9. The van der Waals surface area contributed by atoms with Crippen molar-refractivity contribution in [2.75, 3.05) is 26.2 Å². The fourth-order valence-corrected chi connectivity index (χ4v) is 9.43. The fourth-order valence-electron chi connectivity index (χ4n) is 8.60. The molecule has 2 atom stereocenters. The minimum Gasteiger partial charge on any atom is -0.472 e. The molecular formula is C48H38Br2N10O4. The molecule has 2 aliphatic carbocycles. The lowest BCUT2D eigenvalue weighted by molar-refractivity contribution is 0.192. The molecule has 0 saturated carbocycles. The van der Waals surface area contributed by atoms with Crippen LogP contribution in [0, 0.1) is 22.7 Å². The zero-order chi connectivity index (χ0) is 43.6. The average molecular weight is 979 g/mol. The van der Waals surface area contributed by atoms with Crippen LogP contribution in [0.15, 0.2) is 104 Å². The Hall–Kier alpha value is -6.88. The predicted molar refractivity (Wildman–Crippen MR) is 245 cm³/mol. The first-order chi connectivity index (χ1) is 31.4. The average Bonchev–Trinajstić information content (AvgIpc) is 4.18. The number of ether oxygens (including phenoxy) is 4. The monoisotopic (exact) mass is 976 g/mol. The Morgan fingerprint density at radius 3 is 1.48 bits per heavy atom. The molecule has 2 aromatic carbocycles. The molecule has 0 bridgehead atoms. The number of nitriles is 2. The van der Waals surface area contributed by atoms with E-state index in [2.05, 4.69) is 111 Å². The number of fused-ring (bicyclic) bond motifs is 2.